The van der Waals surface area contributed by atoms with Crippen molar-refractivity contribution < 1.29 is 18.9 Å². The van der Waals surface area contributed by atoms with Gasteiger partial charge in [-0.05, 0) is 11.1 Å². The van der Waals surface area contributed by atoms with Crippen molar-refractivity contribution in [1.82, 2.24) is 0 Å². The number of fused-ring (bicyclic) bond motifs is 1. The molecule has 0 bridgehead atoms. The van der Waals surface area contributed by atoms with Gasteiger partial charge in [-0.2, -0.15) is 0 Å². The zero-order valence-corrected chi connectivity index (χ0v) is 17.2. The summed E-state index contributed by atoms with van der Waals surface area (Å²) >= 11 is 0. The van der Waals surface area contributed by atoms with E-state index in [1.807, 2.05) is 72.8 Å². The highest BCUT2D eigenvalue weighted by Crippen LogP contribution is 2.42. The molecule has 1 heterocycles. The van der Waals surface area contributed by atoms with E-state index in [0.717, 1.165) is 40.0 Å². The second-order valence-electron chi connectivity index (χ2n) is 7.56. The van der Waals surface area contributed by atoms with Crippen LogP contribution in [0.4, 0.5) is 0 Å². The average Bonchev–Trinajstić information content (AvgIpc) is 3.66. The van der Waals surface area contributed by atoms with Crippen molar-refractivity contribution in [3.8, 4) is 17.2 Å². The maximum absolute atomic E-state index is 6.31. The second-order valence-corrected chi connectivity index (χ2v) is 7.56. The minimum atomic E-state index is 0.182. The minimum Gasteiger partial charge on any atom is -0.490 e. The summed E-state index contributed by atoms with van der Waals surface area (Å²) in [5.41, 5.74) is 2.20. The van der Waals surface area contributed by atoms with E-state index in [-0.39, 0.29) is 6.10 Å². The summed E-state index contributed by atoms with van der Waals surface area (Å²) in [6, 6.07) is 30.3. The lowest BCUT2D eigenvalue weighted by Crippen LogP contribution is -2.06. The van der Waals surface area contributed by atoms with E-state index >= 15 is 0 Å². The van der Waals surface area contributed by atoms with Crippen LogP contribution in [-0.2, 0) is 18.0 Å². The van der Waals surface area contributed by atoms with Gasteiger partial charge >= 0.3 is 0 Å². The van der Waals surface area contributed by atoms with Crippen molar-refractivity contribution in [2.45, 2.75) is 19.3 Å². The lowest BCUT2D eigenvalue weighted by Gasteiger charge is -2.18. The SMILES string of the molecule is c1ccc(COc2cc(OCC3CO3)c3ccccc3c2OCc2ccccc2)cc1. The normalized spacial score (nSPS) is 14.9. The third-order valence-electron chi connectivity index (χ3n) is 5.21. The van der Waals surface area contributed by atoms with Gasteiger partial charge in [0.1, 0.15) is 31.7 Å². The van der Waals surface area contributed by atoms with Crippen LogP contribution in [0.3, 0.4) is 0 Å². The summed E-state index contributed by atoms with van der Waals surface area (Å²) in [4.78, 5) is 0. The molecule has 4 aromatic rings. The molecule has 1 fully saturated rings. The van der Waals surface area contributed by atoms with Gasteiger partial charge in [0, 0.05) is 16.8 Å². The predicted molar refractivity (Wildman–Crippen MR) is 121 cm³/mol. The molecule has 0 aromatic heterocycles. The Morgan fingerprint density at radius 2 is 1.23 bits per heavy atom. The highest BCUT2D eigenvalue weighted by atomic mass is 16.6. The van der Waals surface area contributed by atoms with Gasteiger partial charge in [0.05, 0.1) is 6.61 Å². The van der Waals surface area contributed by atoms with Crippen LogP contribution in [-0.4, -0.2) is 19.3 Å². The number of hydrogen-bond donors (Lipinski definition) is 0. The van der Waals surface area contributed by atoms with E-state index in [2.05, 4.69) is 18.2 Å². The largest absolute Gasteiger partial charge is 0.490 e. The van der Waals surface area contributed by atoms with Crippen molar-refractivity contribution in [2.24, 2.45) is 0 Å². The summed E-state index contributed by atoms with van der Waals surface area (Å²) in [7, 11) is 0. The molecule has 0 spiro atoms. The summed E-state index contributed by atoms with van der Waals surface area (Å²) in [5, 5.41) is 1.97. The molecule has 1 aliphatic heterocycles. The quantitative estimate of drug-likeness (QED) is 0.327. The molecule has 0 N–H and O–H groups in total. The summed E-state index contributed by atoms with van der Waals surface area (Å²) in [5.74, 6) is 2.18. The van der Waals surface area contributed by atoms with Gasteiger partial charge in [0.25, 0.3) is 0 Å². The van der Waals surface area contributed by atoms with Crippen molar-refractivity contribution in [1.29, 1.82) is 0 Å². The molecule has 1 unspecified atom stereocenters. The molecule has 31 heavy (non-hydrogen) atoms. The summed E-state index contributed by atoms with van der Waals surface area (Å²) in [6.45, 7) is 2.20. The second kappa shape index (κ2) is 9.11. The number of epoxide rings is 1. The van der Waals surface area contributed by atoms with Crippen LogP contribution in [0.25, 0.3) is 10.8 Å². The van der Waals surface area contributed by atoms with Crippen LogP contribution >= 0.6 is 0 Å². The van der Waals surface area contributed by atoms with Gasteiger partial charge in [-0.15, -0.1) is 0 Å². The molecule has 1 aliphatic rings. The first kappa shape index (κ1) is 19.5. The fourth-order valence-electron chi connectivity index (χ4n) is 3.48. The van der Waals surface area contributed by atoms with Crippen molar-refractivity contribution in [3.05, 3.63) is 102 Å². The van der Waals surface area contributed by atoms with E-state index < -0.39 is 0 Å². The van der Waals surface area contributed by atoms with E-state index in [0.29, 0.717) is 25.6 Å². The Hall–Kier alpha value is -3.50. The number of rotatable bonds is 9. The molecule has 1 saturated heterocycles. The monoisotopic (exact) mass is 412 g/mol. The van der Waals surface area contributed by atoms with Gasteiger partial charge in [-0.3, -0.25) is 0 Å². The van der Waals surface area contributed by atoms with Crippen molar-refractivity contribution >= 4 is 10.8 Å². The molecule has 0 radical (unpaired) electrons. The molecule has 5 rings (SSSR count). The molecular formula is C27H24O4. The van der Waals surface area contributed by atoms with Gasteiger partial charge in [0.15, 0.2) is 11.5 Å². The molecule has 1 atom stereocenters. The van der Waals surface area contributed by atoms with Crippen LogP contribution in [0.2, 0.25) is 0 Å². The molecule has 0 aliphatic carbocycles. The lowest BCUT2D eigenvalue weighted by atomic mass is 10.1. The van der Waals surface area contributed by atoms with Crippen LogP contribution in [0.1, 0.15) is 11.1 Å². The van der Waals surface area contributed by atoms with E-state index in [4.69, 9.17) is 18.9 Å². The topological polar surface area (TPSA) is 40.2 Å². The third kappa shape index (κ3) is 4.81. The Kier molecular flexibility index (Phi) is 5.72. The zero-order valence-electron chi connectivity index (χ0n) is 17.2. The maximum Gasteiger partial charge on any atom is 0.169 e. The number of ether oxygens (including phenoxy) is 4. The molecule has 4 aromatic carbocycles. The first-order valence-electron chi connectivity index (χ1n) is 10.5. The van der Waals surface area contributed by atoms with E-state index in [1.54, 1.807) is 0 Å². The number of hydrogen-bond acceptors (Lipinski definition) is 4. The highest BCUT2D eigenvalue weighted by molar-refractivity contribution is 5.95. The standard InChI is InChI=1S/C27H24O4/c1-3-9-20(10-4-1)16-29-26-15-25(30-19-22-18-28-22)23-13-7-8-14-24(23)27(26)31-17-21-11-5-2-6-12-21/h1-15,22H,16-19H2. The molecule has 4 nitrogen and oxygen atoms in total. The summed E-state index contributed by atoms with van der Waals surface area (Å²) in [6.07, 6.45) is 0.182. The van der Waals surface area contributed by atoms with Gasteiger partial charge in [-0.25, -0.2) is 0 Å². The Morgan fingerprint density at radius 1 is 0.645 bits per heavy atom. The fourth-order valence-corrected chi connectivity index (χ4v) is 3.48. The van der Waals surface area contributed by atoms with Gasteiger partial charge in [0.2, 0.25) is 0 Å². The zero-order chi connectivity index (χ0) is 20.9. The van der Waals surface area contributed by atoms with Crippen LogP contribution < -0.4 is 14.2 Å². The van der Waals surface area contributed by atoms with Gasteiger partial charge in [-0.1, -0.05) is 84.9 Å². The molecule has 0 saturated carbocycles. The molecular weight excluding hydrogens is 388 g/mol. The predicted octanol–water partition coefficient (Wildman–Crippen LogP) is 5.78. The van der Waals surface area contributed by atoms with Crippen molar-refractivity contribution in [2.75, 3.05) is 13.2 Å². The molecule has 156 valence electrons. The Bertz CT molecular complexity index is 1140. The van der Waals surface area contributed by atoms with Crippen LogP contribution in [0.5, 0.6) is 17.2 Å². The fraction of sp³-hybridized carbons (Fsp3) is 0.185. The Balaban J connectivity index is 1.49. The molecule has 4 heteroatoms. The molecule has 0 amide bonds. The summed E-state index contributed by atoms with van der Waals surface area (Å²) < 4.78 is 24.0. The third-order valence-corrected chi connectivity index (χ3v) is 5.21. The van der Waals surface area contributed by atoms with Crippen LogP contribution in [0.15, 0.2) is 91.0 Å². The van der Waals surface area contributed by atoms with E-state index in [1.165, 1.54) is 0 Å². The first-order valence-corrected chi connectivity index (χ1v) is 10.5. The smallest absolute Gasteiger partial charge is 0.169 e. The minimum absolute atomic E-state index is 0.182. The Morgan fingerprint density at radius 3 is 1.87 bits per heavy atom. The average molecular weight is 412 g/mol. The van der Waals surface area contributed by atoms with Gasteiger partial charge < -0.3 is 18.9 Å². The highest BCUT2D eigenvalue weighted by Gasteiger charge is 2.24. The first-order chi connectivity index (χ1) is 15.4. The van der Waals surface area contributed by atoms with E-state index in [9.17, 15) is 0 Å². The number of benzene rings is 4. The Labute approximate surface area is 182 Å². The van der Waals surface area contributed by atoms with Crippen molar-refractivity contribution in [3.63, 3.8) is 0 Å². The lowest BCUT2D eigenvalue weighted by molar-refractivity contribution is 0.249. The van der Waals surface area contributed by atoms with Crippen LogP contribution in [0, 0.1) is 0 Å². The maximum atomic E-state index is 6.31.